The molecule has 0 saturated carbocycles. The van der Waals surface area contributed by atoms with E-state index in [0.29, 0.717) is 61.2 Å². The Bertz CT molecular complexity index is 1250. The minimum Gasteiger partial charge on any atom is -0.507 e. The van der Waals surface area contributed by atoms with E-state index < -0.39 is 17.7 Å². The van der Waals surface area contributed by atoms with Gasteiger partial charge in [0.1, 0.15) is 11.5 Å². The summed E-state index contributed by atoms with van der Waals surface area (Å²) in [5.41, 5.74) is 1.98. The molecule has 1 atom stereocenters. The number of morpholine rings is 1. The highest BCUT2D eigenvalue weighted by molar-refractivity contribution is 6.46. The SMILES string of the molecule is CCOc1ccc(C2/C(=C(/O)c3ccc(OC(C)C)c(C)c3)C(=O)C(=O)N2CCCN2CCOCC2)cc1OC. The van der Waals surface area contributed by atoms with Crippen LogP contribution in [-0.4, -0.2) is 85.8 Å². The van der Waals surface area contributed by atoms with Crippen molar-refractivity contribution in [2.75, 3.05) is 53.1 Å². The number of rotatable bonds is 11. The number of carbonyl (C=O) groups is 2. The summed E-state index contributed by atoms with van der Waals surface area (Å²) in [5.74, 6) is 0.201. The molecular weight excluding hydrogens is 512 g/mol. The van der Waals surface area contributed by atoms with Gasteiger partial charge in [0.05, 0.1) is 44.6 Å². The van der Waals surface area contributed by atoms with Crippen LogP contribution in [0, 0.1) is 6.92 Å². The van der Waals surface area contributed by atoms with E-state index in [2.05, 4.69) is 4.90 Å². The van der Waals surface area contributed by atoms with Gasteiger partial charge in [-0.2, -0.15) is 0 Å². The second-order valence-electron chi connectivity index (χ2n) is 10.3. The van der Waals surface area contributed by atoms with Crippen LogP contribution in [0.1, 0.15) is 49.9 Å². The van der Waals surface area contributed by atoms with Crippen molar-refractivity contribution in [3.05, 3.63) is 58.7 Å². The summed E-state index contributed by atoms with van der Waals surface area (Å²) >= 11 is 0. The first-order valence-corrected chi connectivity index (χ1v) is 13.9. The van der Waals surface area contributed by atoms with Gasteiger partial charge in [0.2, 0.25) is 0 Å². The summed E-state index contributed by atoms with van der Waals surface area (Å²) in [6, 6.07) is 9.84. The van der Waals surface area contributed by atoms with Gasteiger partial charge in [-0.25, -0.2) is 0 Å². The lowest BCUT2D eigenvalue weighted by Crippen LogP contribution is -2.39. The van der Waals surface area contributed by atoms with Crippen LogP contribution < -0.4 is 14.2 Å². The van der Waals surface area contributed by atoms with Crippen LogP contribution in [0.5, 0.6) is 17.2 Å². The van der Waals surface area contributed by atoms with Crippen molar-refractivity contribution >= 4 is 17.4 Å². The molecule has 9 heteroatoms. The minimum absolute atomic E-state index is 0.00410. The van der Waals surface area contributed by atoms with Crippen molar-refractivity contribution < 1.29 is 33.6 Å². The molecule has 2 heterocycles. The van der Waals surface area contributed by atoms with Crippen LogP contribution in [0.25, 0.3) is 5.76 Å². The number of Topliss-reactive ketones (excluding diaryl/α,β-unsaturated/α-hetero) is 1. The number of aryl methyl sites for hydroxylation is 1. The molecule has 2 aliphatic heterocycles. The van der Waals surface area contributed by atoms with Crippen LogP contribution in [0.15, 0.2) is 42.0 Å². The first kappa shape index (κ1) is 29.4. The van der Waals surface area contributed by atoms with Crippen LogP contribution in [0.3, 0.4) is 0 Å². The first-order chi connectivity index (χ1) is 19.2. The maximum absolute atomic E-state index is 13.5. The second kappa shape index (κ2) is 13.2. The van der Waals surface area contributed by atoms with Crippen LogP contribution >= 0.6 is 0 Å². The molecule has 4 rings (SSSR count). The number of likely N-dealkylation sites (tertiary alicyclic amines) is 1. The summed E-state index contributed by atoms with van der Waals surface area (Å²) in [6.45, 7) is 12.3. The van der Waals surface area contributed by atoms with Gasteiger partial charge in [-0.15, -0.1) is 0 Å². The molecule has 0 aromatic heterocycles. The molecule has 2 aliphatic rings. The maximum Gasteiger partial charge on any atom is 0.295 e. The number of hydrogen-bond acceptors (Lipinski definition) is 8. The van der Waals surface area contributed by atoms with Crippen molar-refractivity contribution in [1.29, 1.82) is 0 Å². The smallest absolute Gasteiger partial charge is 0.295 e. The number of nitrogens with zero attached hydrogens (tertiary/aromatic N) is 2. The molecule has 2 fully saturated rings. The molecule has 1 amide bonds. The zero-order chi connectivity index (χ0) is 28.8. The Morgan fingerprint density at radius 2 is 1.77 bits per heavy atom. The zero-order valence-corrected chi connectivity index (χ0v) is 24.1. The van der Waals surface area contributed by atoms with Gasteiger partial charge in [0.25, 0.3) is 11.7 Å². The standard InChI is InChI=1S/C31H40N2O7/c1-6-39-25-11-8-22(19-26(25)37-5)28-27(29(34)23-9-10-24(21(4)18-23)40-20(2)3)30(35)31(36)33(28)13-7-12-32-14-16-38-17-15-32/h8-11,18-20,28,34H,6-7,12-17H2,1-5H3/b29-27-. The highest BCUT2D eigenvalue weighted by Crippen LogP contribution is 2.42. The lowest BCUT2D eigenvalue weighted by molar-refractivity contribution is -0.140. The molecule has 216 valence electrons. The van der Waals surface area contributed by atoms with Crippen molar-refractivity contribution in [3.63, 3.8) is 0 Å². The predicted octanol–water partition coefficient (Wildman–Crippen LogP) is 4.33. The van der Waals surface area contributed by atoms with Crippen LogP contribution in [-0.2, 0) is 14.3 Å². The van der Waals surface area contributed by atoms with Gasteiger partial charge in [-0.05, 0) is 75.6 Å². The number of carbonyl (C=O) groups excluding carboxylic acids is 2. The number of amides is 1. The summed E-state index contributed by atoms with van der Waals surface area (Å²) in [7, 11) is 1.55. The molecule has 0 spiro atoms. The Labute approximate surface area is 236 Å². The minimum atomic E-state index is -0.777. The van der Waals surface area contributed by atoms with Gasteiger partial charge in [-0.3, -0.25) is 14.5 Å². The number of hydrogen-bond donors (Lipinski definition) is 1. The fourth-order valence-corrected chi connectivity index (χ4v) is 5.21. The summed E-state index contributed by atoms with van der Waals surface area (Å²) in [4.78, 5) is 30.7. The first-order valence-electron chi connectivity index (χ1n) is 13.9. The van der Waals surface area contributed by atoms with E-state index in [4.69, 9.17) is 18.9 Å². The van der Waals surface area contributed by atoms with E-state index in [1.165, 1.54) is 0 Å². The van der Waals surface area contributed by atoms with Crippen molar-refractivity contribution in [2.24, 2.45) is 0 Å². The average molecular weight is 553 g/mol. The van der Waals surface area contributed by atoms with E-state index >= 15 is 0 Å². The molecular formula is C31H40N2O7. The van der Waals surface area contributed by atoms with E-state index in [1.807, 2.05) is 33.8 Å². The molecule has 1 unspecified atom stereocenters. The summed E-state index contributed by atoms with van der Waals surface area (Å²) in [6.07, 6.45) is 0.675. The van der Waals surface area contributed by atoms with Gasteiger partial charge >= 0.3 is 0 Å². The monoisotopic (exact) mass is 552 g/mol. The topological polar surface area (TPSA) is 97.8 Å². The van der Waals surface area contributed by atoms with Crippen molar-refractivity contribution in [1.82, 2.24) is 9.80 Å². The third kappa shape index (κ3) is 6.42. The predicted molar refractivity (Wildman–Crippen MR) is 152 cm³/mol. The van der Waals surface area contributed by atoms with Gasteiger partial charge in [0, 0.05) is 31.7 Å². The quantitative estimate of drug-likeness (QED) is 0.250. The van der Waals surface area contributed by atoms with Crippen LogP contribution in [0.4, 0.5) is 0 Å². The molecule has 40 heavy (non-hydrogen) atoms. The lowest BCUT2D eigenvalue weighted by Gasteiger charge is -2.29. The van der Waals surface area contributed by atoms with E-state index in [0.717, 1.165) is 25.2 Å². The van der Waals surface area contributed by atoms with Gasteiger partial charge in [-0.1, -0.05) is 6.07 Å². The Hall–Kier alpha value is -3.56. The molecule has 0 bridgehead atoms. The number of benzene rings is 2. The molecule has 2 saturated heterocycles. The molecule has 2 aromatic carbocycles. The lowest BCUT2D eigenvalue weighted by atomic mass is 9.94. The third-order valence-electron chi connectivity index (χ3n) is 7.13. The molecule has 0 aliphatic carbocycles. The molecule has 0 radical (unpaired) electrons. The largest absolute Gasteiger partial charge is 0.507 e. The molecule has 1 N–H and O–H groups in total. The number of aliphatic hydroxyl groups excluding tert-OH is 1. The Morgan fingerprint density at radius 3 is 2.42 bits per heavy atom. The van der Waals surface area contributed by atoms with Crippen molar-refractivity contribution in [2.45, 2.75) is 46.3 Å². The number of ether oxygens (including phenoxy) is 4. The van der Waals surface area contributed by atoms with E-state index in [-0.39, 0.29) is 17.4 Å². The second-order valence-corrected chi connectivity index (χ2v) is 10.3. The summed E-state index contributed by atoms with van der Waals surface area (Å²) in [5, 5.41) is 11.5. The Kier molecular flexibility index (Phi) is 9.71. The van der Waals surface area contributed by atoms with Gasteiger partial charge < -0.3 is 29.0 Å². The number of aliphatic hydroxyl groups is 1. The molecule has 2 aromatic rings. The zero-order valence-electron chi connectivity index (χ0n) is 24.1. The van der Waals surface area contributed by atoms with E-state index in [1.54, 1.807) is 42.3 Å². The highest BCUT2D eigenvalue weighted by atomic mass is 16.5. The highest BCUT2D eigenvalue weighted by Gasteiger charge is 2.46. The van der Waals surface area contributed by atoms with Crippen LogP contribution in [0.2, 0.25) is 0 Å². The maximum atomic E-state index is 13.5. The average Bonchev–Trinajstić information content (AvgIpc) is 3.19. The van der Waals surface area contributed by atoms with Crippen molar-refractivity contribution in [3.8, 4) is 17.2 Å². The number of methoxy groups -OCH3 is 1. The Balaban J connectivity index is 1.73. The molecule has 9 nitrogen and oxygen atoms in total. The third-order valence-corrected chi connectivity index (χ3v) is 7.13. The fourth-order valence-electron chi connectivity index (χ4n) is 5.21. The van der Waals surface area contributed by atoms with Gasteiger partial charge in [0.15, 0.2) is 11.5 Å². The fraction of sp³-hybridized carbons (Fsp3) is 0.484. The van der Waals surface area contributed by atoms with E-state index in [9.17, 15) is 14.7 Å². The number of ketones is 1. The normalized spacial score (nSPS) is 19.4. The summed E-state index contributed by atoms with van der Waals surface area (Å²) < 4.78 is 22.5. The Morgan fingerprint density at radius 1 is 1.05 bits per heavy atom.